The second-order valence-corrected chi connectivity index (χ2v) is 4.39. The Morgan fingerprint density at radius 2 is 2.06 bits per heavy atom. The number of amides is 1. The van der Waals surface area contributed by atoms with Gasteiger partial charge in [-0.05, 0) is 36.3 Å². The maximum atomic E-state index is 11.0. The van der Waals surface area contributed by atoms with Crippen molar-refractivity contribution < 1.29 is 4.79 Å². The summed E-state index contributed by atoms with van der Waals surface area (Å²) < 4.78 is 0. The number of hydrogen-bond acceptors (Lipinski definition) is 1. The summed E-state index contributed by atoms with van der Waals surface area (Å²) in [5, 5.41) is 2.84. The van der Waals surface area contributed by atoms with Crippen LogP contribution in [-0.4, -0.2) is 12.5 Å². The third-order valence-corrected chi connectivity index (χ3v) is 3.33. The Balaban J connectivity index is 1.90. The van der Waals surface area contributed by atoms with E-state index >= 15 is 0 Å². The molecule has 16 heavy (non-hydrogen) atoms. The van der Waals surface area contributed by atoms with E-state index in [0.717, 1.165) is 13.0 Å². The zero-order chi connectivity index (χ0) is 11.4. The van der Waals surface area contributed by atoms with Crippen molar-refractivity contribution in [3.63, 3.8) is 0 Å². The van der Waals surface area contributed by atoms with Gasteiger partial charge in [0.25, 0.3) is 0 Å². The molecule has 0 unspecified atom stereocenters. The minimum Gasteiger partial charge on any atom is -0.353 e. The van der Waals surface area contributed by atoms with E-state index in [1.165, 1.54) is 24.5 Å². The minimum absolute atomic E-state index is 0.0798. The van der Waals surface area contributed by atoms with Gasteiger partial charge in [0.1, 0.15) is 0 Å². The molecule has 0 saturated heterocycles. The van der Waals surface area contributed by atoms with Crippen molar-refractivity contribution in [1.29, 1.82) is 0 Å². The zero-order valence-corrected chi connectivity index (χ0v) is 9.41. The van der Waals surface area contributed by atoms with Crippen molar-refractivity contribution in [1.82, 2.24) is 5.32 Å². The van der Waals surface area contributed by atoms with E-state index in [4.69, 9.17) is 0 Å². The van der Waals surface area contributed by atoms with Crippen LogP contribution in [0.15, 0.2) is 43.0 Å². The van der Waals surface area contributed by atoms with Gasteiger partial charge in [-0.2, -0.15) is 0 Å². The molecule has 1 aliphatic rings. The lowest BCUT2D eigenvalue weighted by molar-refractivity contribution is -0.116. The number of hydrogen-bond donors (Lipinski definition) is 1. The van der Waals surface area contributed by atoms with E-state index in [1.807, 2.05) is 6.07 Å². The quantitative estimate of drug-likeness (QED) is 0.751. The smallest absolute Gasteiger partial charge is 0.243 e. The summed E-state index contributed by atoms with van der Waals surface area (Å²) in [5.41, 5.74) is 1.73. The van der Waals surface area contributed by atoms with Gasteiger partial charge < -0.3 is 5.32 Å². The molecule has 1 aliphatic carbocycles. The monoisotopic (exact) mass is 215 g/mol. The van der Waals surface area contributed by atoms with Gasteiger partial charge in [0.05, 0.1) is 0 Å². The molecule has 0 aliphatic heterocycles. The van der Waals surface area contributed by atoms with Crippen molar-refractivity contribution in [3.05, 3.63) is 48.6 Å². The molecular weight excluding hydrogens is 198 g/mol. The number of carbonyl (C=O) groups is 1. The average molecular weight is 215 g/mol. The normalized spacial score (nSPS) is 16.5. The summed E-state index contributed by atoms with van der Waals surface area (Å²) in [6.45, 7) is 4.17. The van der Waals surface area contributed by atoms with Crippen LogP contribution < -0.4 is 5.32 Å². The highest BCUT2D eigenvalue weighted by Crippen LogP contribution is 2.50. The second-order valence-electron chi connectivity index (χ2n) is 4.39. The summed E-state index contributed by atoms with van der Waals surface area (Å²) in [6.07, 6.45) is 4.82. The molecule has 84 valence electrons. The van der Waals surface area contributed by atoms with Crippen molar-refractivity contribution in [2.24, 2.45) is 0 Å². The number of nitrogens with one attached hydrogen (secondary N) is 1. The maximum absolute atomic E-state index is 11.0. The molecular formula is C14H17NO. The van der Waals surface area contributed by atoms with Crippen molar-refractivity contribution in [2.75, 3.05) is 6.54 Å². The number of rotatable bonds is 5. The van der Waals surface area contributed by atoms with Gasteiger partial charge in [-0.25, -0.2) is 0 Å². The second kappa shape index (κ2) is 4.52. The fraction of sp³-hybridized carbons (Fsp3) is 0.357. The van der Waals surface area contributed by atoms with Crippen LogP contribution in [0.3, 0.4) is 0 Å². The Kier molecular flexibility index (Phi) is 3.09. The minimum atomic E-state index is -0.0798. The van der Waals surface area contributed by atoms with Gasteiger partial charge in [-0.15, -0.1) is 0 Å². The van der Waals surface area contributed by atoms with Gasteiger partial charge in [0, 0.05) is 6.54 Å². The molecule has 1 aromatic carbocycles. The topological polar surface area (TPSA) is 29.1 Å². The largest absolute Gasteiger partial charge is 0.353 e. The Hall–Kier alpha value is -1.57. The summed E-state index contributed by atoms with van der Waals surface area (Å²) in [5.74, 6) is -0.0798. The lowest BCUT2D eigenvalue weighted by atomic mass is 9.92. The summed E-state index contributed by atoms with van der Waals surface area (Å²) in [7, 11) is 0. The molecule has 1 N–H and O–H groups in total. The third-order valence-electron chi connectivity index (χ3n) is 3.33. The Labute approximate surface area is 96.4 Å². The van der Waals surface area contributed by atoms with Gasteiger partial charge >= 0.3 is 0 Å². The molecule has 0 heterocycles. The van der Waals surface area contributed by atoms with Gasteiger partial charge in [-0.3, -0.25) is 4.79 Å². The fourth-order valence-corrected chi connectivity index (χ4v) is 2.12. The molecule has 0 bridgehead atoms. The van der Waals surface area contributed by atoms with Gasteiger partial charge in [-0.1, -0.05) is 36.9 Å². The van der Waals surface area contributed by atoms with E-state index in [2.05, 4.69) is 36.2 Å². The molecule has 0 atom stereocenters. The molecule has 1 amide bonds. The predicted molar refractivity (Wildman–Crippen MR) is 65.2 cm³/mol. The summed E-state index contributed by atoms with van der Waals surface area (Å²) in [4.78, 5) is 11.0. The maximum Gasteiger partial charge on any atom is 0.243 e. The highest BCUT2D eigenvalue weighted by atomic mass is 16.1. The first-order valence-corrected chi connectivity index (χ1v) is 5.73. The molecule has 2 nitrogen and oxygen atoms in total. The molecule has 1 aromatic rings. The molecule has 2 heteroatoms. The first kappa shape index (κ1) is 10.9. The molecule has 2 rings (SSSR count). The number of carbonyl (C=O) groups excluding carboxylic acids is 1. The van der Waals surface area contributed by atoms with Crippen LogP contribution in [0.1, 0.15) is 24.8 Å². The van der Waals surface area contributed by atoms with Crippen LogP contribution in [0.5, 0.6) is 0 Å². The summed E-state index contributed by atoms with van der Waals surface area (Å²) in [6, 6.07) is 10.6. The highest BCUT2D eigenvalue weighted by molar-refractivity contribution is 5.86. The molecule has 1 saturated carbocycles. The Morgan fingerprint density at radius 1 is 1.38 bits per heavy atom. The lowest BCUT2D eigenvalue weighted by Gasteiger charge is -2.15. The van der Waals surface area contributed by atoms with Crippen LogP contribution in [0.2, 0.25) is 0 Å². The number of benzene rings is 1. The SMILES string of the molecule is C=CC(=O)NCCC1(c2ccccc2)CC1. The van der Waals surface area contributed by atoms with Gasteiger partial charge in [0.15, 0.2) is 0 Å². The Morgan fingerprint density at radius 3 is 2.62 bits per heavy atom. The standard InChI is InChI=1S/C14H17NO/c1-2-13(16)15-11-10-14(8-9-14)12-6-4-3-5-7-12/h2-7H,1,8-11H2,(H,15,16). The van der Waals surface area contributed by atoms with Crippen molar-refractivity contribution in [2.45, 2.75) is 24.7 Å². The summed E-state index contributed by atoms with van der Waals surface area (Å²) >= 11 is 0. The fourth-order valence-electron chi connectivity index (χ4n) is 2.12. The van der Waals surface area contributed by atoms with Crippen LogP contribution in [0, 0.1) is 0 Å². The molecule has 0 spiro atoms. The van der Waals surface area contributed by atoms with E-state index in [9.17, 15) is 4.79 Å². The first-order valence-electron chi connectivity index (χ1n) is 5.73. The molecule has 1 fully saturated rings. The predicted octanol–water partition coefficient (Wildman–Crippen LogP) is 2.41. The van der Waals surface area contributed by atoms with Gasteiger partial charge in [0.2, 0.25) is 5.91 Å². The van der Waals surface area contributed by atoms with Crippen LogP contribution in [0.25, 0.3) is 0 Å². The molecule has 0 aromatic heterocycles. The first-order chi connectivity index (χ1) is 7.77. The highest BCUT2D eigenvalue weighted by Gasteiger charge is 2.43. The lowest BCUT2D eigenvalue weighted by Crippen LogP contribution is -2.25. The van der Waals surface area contributed by atoms with E-state index in [1.54, 1.807) is 0 Å². The Bertz CT molecular complexity index is 379. The zero-order valence-electron chi connectivity index (χ0n) is 9.41. The van der Waals surface area contributed by atoms with Crippen LogP contribution in [0.4, 0.5) is 0 Å². The third kappa shape index (κ3) is 2.32. The van der Waals surface area contributed by atoms with E-state index in [-0.39, 0.29) is 5.91 Å². The van der Waals surface area contributed by atoms with Crippen molar-refractivity contribution in [3.8, 4) is 0 Å². The van der Waals surface area contributed by atoms with Crippen LogP contribution >= 0.6 is 0 Å². The average Bonchev–Trinajstić information content (AvgIpc) is 3.11. The van der Waals surface area contributed by atoms with Crippen molar-refractivity contribution >= 4 is 5.91 Å². The van der Waals surface area contributed by atoms with Crippen LogP contribution in [-0.2, 0) is 10.2 Å². The van der Waals surface area contributed by atoms with E-state index < -0.39 is 0 Å². The molecule has 0 radical (unpaired) electrons. The van der Waals surface area contributed by atoms with E-state index in [0.29, 0.717) is 5.41 Å².